The highest BCUT2D eigenvalue weighted by Crippen LogP contribution is 2.20. The van der Waals surface area contributed by atoms with Crippen molar-refractivity contribution in [3.8, 4) is 0 Å². The third kappa shape index (κ3) is 1.20. The van der Waals surface area contributed by atoms with Crippen LogP contribution in [-0.4, -0.2) is 4.57 Å². The maximum Gasteiger partial charge on any atom is 0.254 e. The van der Waals surface area contributed by atoms with Gasteiger partial charge in [-0.2, -0.15) is 0 Å². The van der Waals surface area contributed by atoms with Gasteiger partial charge in [0.15, 0.2) is 0 Å². The minimum Gasteiger partial charge on any atom is -0.326 e. The Morgan fingerprint density at radius 3 is 3.00 bits per heavy atom. The number of aryl methyl sites for hydroxylation is 1. The number of hydrogen-bond acceptors (Lipinski definition) is 2. The molecule has 0 aliphatic heterocycles. The number of rotatable bonds is 1. The van der Waals surface area contributed by atoms with Crippen LogP contribution >= 0.6 is 0 Å². The van der Waals surface area contributed by atoms with E-state index in [-0.39, 0.29) is 5.56 Å². The molecule has 0 spiro atoms. The summed E-state index contributed by atoms with van der Waals surface area (Å²) in [5.41, 5.74) is 8.82. The van der Waals surface area contributed by atoms with Gasteiger partial charge in [-0.1, -0.05) is 0 Å². The molecule has 0 bridgehead atoms. The van der Waals surface area contributed by atoms with E-state index in [1.54, 1.807) is 4.57 Å². The minimum atomic E-state index is 0.0724. The van der Waals surface area contributed by atoms with E-state index in [0.717, 1.165) is 24.8 Å². The lowest BCUT2D eigenvalue weighted by molar-refractivity contribution is 0.764. The van der Waals surface area contributed by atoms with Gasteiger partial charge in [-0.05, 0) is 30.9 Å². The Morgan fingerprint density at radius 1 is 1.54 bits per heavy atom. The molecule has 2 rings (SSSR count). The summed E-state index contributed by atoms with van der Waals surface area (Å²) >= 11 is 0. The molecule has 0 unspecified atom stereocenters. The second-order valence-corrected chi connectivity index (χ2v) is 3.56. The van der Waals surface area contributed by atoms with Crippen molar-refractivity contribution in [1.82, 2.24) is 4.57 Å². The van der Waals surface area contributed by atoms with E-state index >= 15 is 0 Å². The number of pyridine rings is 1. The standard InChI is InChI=1S/C10H14N2O/c1-12-9-4-2-3-7(9)5-8(6-11)10(12)13/h5H,2-4,6,11H2,1H3. The summed E-state index contributed by atoms with van der Waals surface area (Å²) in [6.45, 7) is 0.347. The Labute approximate surface area is 77.2 Å². The predicted octanol–water partition coefficient (Wildman–Crippen LogP) is 0.333. The molecule has 0 amide bonds. The van der Waals surface area contributed by atoms with E-state index in [0.29, 0.717) is 6.54 Å². The molecule has 1 aromatic rings. The van der Waals surface area contributed by atoms with Crippen LogP contribution in [0.5, 0.6) is 0 Å². The summed E-state index contributed by atoms with van der Waals surface area (Å²) in [7, 11) is 1.84. The van der Waals surface area contributed by atoms with E-state index in [1.807, 2.05) is 13.1 Å². The number of fused-ring (bicyclic) bond motifs is 1. The second-order valence-electron chi connectivity index (χ2n) is 3.56. The van der Waals surface area contributed by atoms with Crippen LogP contribution in [0, 0.1) is 0 Å². The summed E-state index contributed by atoms with van der Waals surface area (Å²) < 4.78 is 1.75. The average molecular weight is 178 g/mol. The van der Waals surface area contributed by atoms with Crippen molar-refractivity contribution in [3.05, 3.63) is 33.2 Å². The highest BCUT2D eigenvalue weighted by molar-refractivity contribution is 5.30. The molecule has 0 fully saturated rings. The maximum atomic E-state index is 11.6. The highest BCUT2D eigenvalue weighted by Gasteiger charge is 2.16. The highest BCUT2D eigenvalue weighted by atomic mass is 16.1. The molecule has 0 saturated heterocycles. The molecule has 1 heterocycles. The topological polar surface area (TPSA) is 48.0 Å². The van der Waals surface area contributed by atoms with E-state index < -0.39 is 0 Å². The van der Waals surface area contributed by atoms with Gasteiger partial charge >= 0.3 is 0 Å². The lowest BCUT2D eigenvalue weighted by atomic mass is 10.1. The van der Waals surface area contributed by atoms with Gasteiger partial charge in [0.05, 0.1) is 0 Å². The first kappa shape index (κ1) is 8.51. The third-order valence-corrected chi connectivity index (χ3v) is 2.78. The van der Waals surface area contributed by atoms with E-state index in [2.05, 4.69) is 0 Å². The van der Waals surface area contributed by atoms with Crippen molar-refractivity contribution in [2.45, 2.75) is 25.8 Å². The minimum absolute atomic E-state index is 0.0724. The zero-order valence-electron chi connectivity index (χ0n) is 7.84. The monoisotopic (exact) mass is 178 g/mol. The lowest BCUT2D eigenvalue weighted by Crippen LogP contribution is -2.25. The Kier molecular flexibility index (Phi) is 1.96. The van der Waals surface area contributed by atoms with Gasteiger partial charge in [-0.25, -0.2) is 0 Å². The SMILES string of the molecule is Cn1c2c(cc(CN)c1=O)CCC2. The quantitative estimate of drug-likeness (QED) is 0.673. The summed E-state index contributed by atoms with van der Waals surface area (Å²) in [4.78, 5) is 11.6. The van der Waals surface area contributed by atoms with E-state index in [1.165, 1.54) is 11.3 Å². The smallest absolute Gasteiger partial charge is 0.254 e. The molecule has 0 aromatic carbocycles. The molecule has 1 aliphatic rings. The molecule has 13 heavy (non-hydrogen) atoms. The van der Waals surface area contributed by atoms with Crippen LogP contribution in [0.4, 0.5) is 0 Å². The van der Waals surface area contributed by atoms with Crippen molar-refractivity contribution in [2.24, 2.45) is 12.8 Å². The number of nitrogens with zero attached hydrogens (tertiary/aromatic N) is 1. The zero-order valence-corrected chi connectivity index (χ0v) is 7.84. The van der Waals surface area contributed by atoms with E-state index in [9.17, 15) is 4.79 Å². The van der Waals surface area contributed by atoms with Crippen LogP contribution in [0.3, 0.4) is 0 Å². The lowest BCUT2D eigenvalue weighted by Gasteiger charge is -2.08. The van der Waals surface area contributed by atoms with Gasteiger partial charge in [-0.3, -0.25) is 4.79 Å². The van der Waals surface area contributed by atoms with Crippen LogP contribution in [-0.2, 0) is 26.4 Å². The Bertz CT molecular complexity index is 393. The molecule has 70 valence electrons. The first-order valence-corrected chi connectivity index (χ1v) is 4.64. The predicted molar refractivity (Wildman–Crippen MR) is 51.6 cm³/mol. The largest absolute Gasteiger partial charge is 0.326 e. The molecule has 1 aromatic heterocycles. The van der Waals surface area contributed by atoms with Crippen molar-refractivity contribution >= 4 is 0 Å². The van der Waals surface area contributed by atoms with Crippen LogP contribution in [0.25, 0.3) is 0 Å². The van der Waals surface area contributed by atoms with Gasteiger partial charge in [0.25, 0.3) is 5.56 Å². The number of hydrogen-bond donors (Lipinski definition) is 1. The zero-order chi connectivity index (χ0) is 9.42. The molecule has 3 heteroatoms. The Hall–Kier alpha value is -1.09. The van der Waals surface area contributed by atoms with Gasteiger partial charge in [0, 0.05) is 24.8 Å². The Morgan fingerprint density at radius 2 is 2.31 bits per heavy atom. The van der Waals surface area contributed by atoms with Crippen LogP contribution in [0.15, 0.2) is 10.9 Å². The second kappa shape index (κ2) is 3.00. The van der Waals surface area contributed by atoms with Gasteiger partial charge in [-0.15, -0.1) is 0 Å². The summed E-state index contributed by atoms with van der Waals surface area (Å²) in [6, 6.07) is 1.98. The average Bonchev–Trinajstić information content (AvgIpc) is 2.59. The third-order valence-electron chi connectivity index (χ3n) is 2.78. The molecule has 0 saturated carbocycles. The normalized spacial score (nSPS) is 14.6. The summed E-state index contributed by atoms with van der Waals surface area (Å²) in [6.07, 6.45) is 3.29. The van der Waals surface area contributed by atoms with Gasteiger partial charge < -0.3 is 10.3 Å². The fourth-order valence-corrected chi connectivity index (χ4v) is 2.05. The maximum absolute atomic E-state index is 11.6. The molecule has 1 aliphatic carbocycles. The number of nitrogens with two attached hydrogens (primary N) is 1. The molecule has 0 atom stereocenters. The first-order chi connectivity index (χ1) is 6.24. The van der Waals surface area contributed by atoms with Crippen molar-refractivity contribution in [3.63, 3.8) is 0 Å². The summed E-state index contributed by atoms with van der Waals surface area (Å²) in [5, 5.41) is 0. The van der Waals surface area contributed by atoms with Gasteiger partial charge in [0.2, 0.25) is 0 Å². The first-order valence-electron chi connectivity index (χ1n) is 4.64. The van der Waals surface area contributed by atoms with Crippen LogP contribution < -0.4 is 11.3 Å². The van der Waals surface area contributed by atoms with E-state index in [4.69, 9.17) is 5.73 Å². The molecule has 0 radical (unpaired) electrons. The Balaban J connectivity index is 2.68. The molecular formula is C10H14N2O. The van der Waals surface area contributed by atoms with Crippen molar-refractivity contribution < 1.29 is 0 Å². The number of aromatic nitrogens is 1. The molecule has 3 nitrogen and oxygen atoms in total. The fraction of sp³-hybridized carbons (Fsp3) is 0.500. The van der Waals surface area contributed by atoms with Gasteiger partial charge in [0.1, 0.15) is 0 Å². The van der Waals surface area contributed by atoms with Crippen LogP contribution in [0.1, 0.15) is 23.2 Å². The molecular weight excluding hydrogens is 164 g/mol. The molecule has 2 N–H and O–H groups in total. The fourth-order valence-electron chi connectivity index (χ4n) is 2.05. The summed E-state index contributed by atoms with van der Waals surface area (Å²) in [5.74, 6) is 0. The van der Waals surface area contributed by atoms with Crippen molar-refractivity contribution in [2.75, 3.05) is 0 Å². The van der Waals surface area contributed by atoms with Crippen LogP contribution in [0.2, 0.25) is 0 Å². The van der Waals surface area contributed by atoms with Crippen molar-refractivity contribution in [1.29, 1.82) is 0 Å².